The summed E-state index contributed by atoms with van der Waals surface area (Å²) in [6.07, 6.45) is 4.29. The first-order valence-electron chi connectivity index (χ1n) is 7.66. The van der Waals surface area contributed by atoms with Gasteiger partial charge in [-0.1, -0.05) is 6.07 Å². The molecular weight excluding hydrogens is 282 g/mol. The Bertz CT molecular complexity index is 717. The van der Waals surface area contributed by atoms with Gasteiger partial charge in [-0.25, -0.2) is 9.59 Å². The second-order valence-corrected chi connectivity index (χ2v) is 5.40. The number of H-pyrrole nitrogens is 1. The fourth-order valence-corrected chi connectivity index (χ4v) is 3.04. The standard InChI is InChI=1S/C17H19NO4/c1-2-21-15(19)10-22-17(20)12-7-5-9-14-16(12)11-6-3-4-8-13(11)18-14/h5,7,9,18H,2-4,6,8,10H2,1H3. The molecule has 1 aromatic carbocycles. The van der Waals surface area contributed by atoms with E-state index in [0.29, 0.717) is 5.56 Å². The van der Waals surface area contributed by atoms with Crippen LogP contribution in [0.5, 0.6) is 0 Å². The highest BCUT2D eigenvalue weighted by Gasteiger charge is 2.21. The molecule has 22 heavy (non-hydrogen) atoms. The minimum Gasteiger partial charge on any atom is -0.463 e. The molecule has 1 heterocycles. The molecular formula is C17H19NO4. The molecule has 3 rings (SSSR count). The van der Waals surface area contributed by atoms with Crippen molar-refractivity contribution >= 4 is 22.8 Å². The van der Waals surface area contributed by atoms with Crippen molar-refractivity contribution in [3.63, 3.8) is 0 Å². The number of carbonyl (C=O) groups is 2. The number of aryl methyl sites for hydroxylation is 2. The molecule has 1 aliphatic rings. The normalized spacial score (nSPS) is 13.7. The van der Waals surface area contributed by atoms with E-state index in [1.807, 2.05) is 12.1 Å². The van der Waals surface area contributed by atoms with E-state index in [1.165, 1.54) is 17.7 Å². The van der Waals surface area contributed by atoms with Crippen molar-refractivity contribution < 1.29 is 19.1 Å². The zero-order valence-electron chi connectivity index (χ0n) is 12.6. The number of esters is 2. The van der Waals surface area contributed by atoms with Crippen LogP contribution in [0.4, 0.5) is 0 Å². The van der Waals surface area contributed by atoms with E-state index in [4.69, 9.17) is 9.47 Å². The summed E-state index contributed by atoms with van der Waals surface area (Å²) in [4.78, 5) is 27.0. The van der Waals surface area contributed by atoms with Crippen molar-refractivity contribution in [1.82, 2.24) is 4.98 Å². The second-order valence-electron chi connectivity index (χ2n) is 5.40. The number of nitrogens with one attached hydrogen (secondary N) is 1. The van der Waals surface area contributed by atoms with E-state index >= 15 is 0 Å². The van der Waals surface area contributed by atoms with Gasteiger partial charge in [-0.3, -0.25) is 0 Å². The van der Waals surface area contributed by atoms with Crippen molar-refractivity contribution in [2.75, 3.05) is 13.2 Å². The van der Waals surface area contributed by atoms with Crippen LogP contribution in [0.25, 0.3) is 10.9 Å². The summed E-state index contributed by atoms with van der Waals surface area (Å²) in [6, 6.07) is 5.54. The number of ether oxygens (including phenoxy) is 2. The maximum Gasteiger partial charge on any atom is 0.344 e. The van der Waals surface area contributed by atoms with E-state index < -0.39 is 11.9 Å². The summed E-state index contributed by atoms with van der Waals surface area (Å²) in [5, 5.41) is 0.936. The molecule has 0 atom stereocenters. The van der Waals surface area contributed by atoms with Crippen molar-refractivity contribution in [3.05, 3.63) is 35.0 Å². The molecule has 1 N–H and O–H groups in total. The predicted molar refractivity (Wildman–Crippen MR) is 81.9 cm³/mol. The van der Waals surface area contributed by atoms with E-state index in [2.05, 4.69) is 4.98 Å². The number of fused-ring (bicyclic) bond motifs is 3. The first-order chi connectivity index (χ1) is 10.7. The third-order valence-electron chi connectivity index (χ3n) is 3.97. The lowest BCUT2D eigenvalue weighted by Gasteiger charge is -2.12. The van der Waals surface area contributed by atoms with Crippen LogP contribution in [-0.4, -0.2) is 30.1 Å². The van der Waals surface area contributed by atoms with Gasteiger partial charge in [0.1, 0.15) is 0 Å². The number of benzene rings is 1. The van der Waals surface area contributed by atoms with Gasteiger partial charge in [0.15, 0.2) is 6.61 Å². The molecule has 0 bridgehead atoms. The first kappa shape index (κ1) is 14.6. The summed E-state index contributed by atoms with van der Waals surface area (Å²) >= 11 is 0. The van der Waals surface area contributed by atoms with Gasteiger partial charge in [-0.15, -0.1) is 0 Å². The number of carbonyl (C=O) groups excluding carboxylic acids is 2. The Morgan fingerprint density at radius 2 is 2.00 bits per heavy atom. The second kappa shape index (κ2) is 6.22. The number of aromatic amines is 1. The minimum atomic E-state index is -0.529. The Labute approximate surface area is 128 Å². The fraction of sp³-hybridized carbons (Fsp3) is 0.412. The van der Waals surface area contributed by atoms with Crippen LogP contribution in [0.3, 0.4) is 0 Å². The quantitative estimate of drug-likeness (QED) is 0.882. The van der Waals surface area contributed by atoms with Crippen LogP contribution in [0.2, 0.25) is 0 Å². The highest BCUT2D eigenvalue weighted by molar-refractivity contribution is 6.06. The Balaban J connectivity index is 1.88. The van der Waals surface area contributed by atoms with Crippen LogP contribution in [-0.2, 0) is 27.1 Å². The van der Waals surface area contributed by atoms with Gasteiger partial charge in [0.2, 0.25) is 0 Å². The van der Waals surface area contributed by atoms with Crippen LogP contribution in [0.15, 0.2) is 18.2 Å². The average Bonchev–Trinajstić information content (AvgIpc) is 2.91. The Morgan fingerprint density at radius 1 is 1.18 bits per heavy atom. The van der Waals surface area contributed by atoms with E-state index in [9.17, 15) is 9.59 Å². The van der Waals surface area contributed by atoms with Crippen LogP contribution >= 0.6 is 0 Å². The highest BCUT2D eigenvalue weighted by Crippen LogP contribution is 2.31. The molecule has 1 aromatic heterocycles. The van der Waals surface area contributed by atoms with Gasteiger partial charge in [0.25, 0.3) is 0 Å². The number of hydrogen-bond donors (Lipinski definition) is 1. The summed E-state index contributed by atoms with van der Waals surface area (Å²) in [7, 11) is 0. The Kier molecular flexibility index (Phi) is 4.13. The number of aromatic nitrogens is 1. The third kappa shape index (κ3) is 2.71. The lowest BCUT2D eigenvalue weighted by molar-refractivity contribution is -0.146. The minimum absolute atomic E-state index is 0.275. The zero-order valence-corrected chi connectivity index (χ0v) is 12.6. The van der Waals surface area contributed by atoms with Gasteiger partial charge < -0.3 is 14.5 Å². The van der Waals surface area contributed by atoms with Gasteiger partial charge in [0.05, 0.1) is 12.2 Å². The smallest absolute Gasteiger partial charge is 0.344 e. The largest absolute Gasteiger partial charge is 0.463 e. The van der Waals surface area contributed by atoms with Crippen molar-refractivity contribution in [2.45, 2.75) is 32.6 Å². The van der Waals surface area contributed by atoms with Crippen molar-refractivity contribution in [3.8, 4) is 0 Å². The van der Waals surface area contributed by atoms with Gasteiger partial charge in [-0.2, -0.15) is 0 Å². The van der Waals surface area contributed by atoms with Gasteiger partial charge >= 0.3 is 11.9 Å². The molecule has 0 saturated heterocycles. The predicted octanol–water partition coefficient (Wildman–Crippen LogP) is 2.77. The molecule has 2 aromatic rings. The third-order valence-corrected chi connectivity index (χ3v) is 3.97. The number of rotatable bonds is 4. The molecule has 1 aliphatic carbocycles. The SMILES string of the molecule is CCOC(=O)COC(=O)c1cccc2[nH]c3c(c12)CCCC3. The fourth-order valence-electron chi connectivity index (χ4n) is 3.04. The van der Waals surface area contributed by atoms with E-state index in [1.54, 1.807) is 13.0 Å². The van der Waals surface area contributed by atoms with E-state index in [-0.39, 0.29) is 13.2 Å². The van der Waals surface area contributed by atoms with Crippen LogP contribution < -0.4 is 0 Å². The zero-order chi connectivity index (χ0) is 15.5. The highest BCUT2D eigenvalue weighted by atomic mass is 16.6. The maximum atomic E-state index is 12.3. The van der Waals surface area contributed by atoms with E-state index in [0.717, 1.165) is 30.2 Å². The molecule has 0 amide bonds. The monoisotopic (exact) mass is 301 g/mol. The first-order valence-corrected chi connectivity index (χ1v) is 7.66. The molecule has 0 aliphatic heterocycles. The molecule has 0 saturated carbocycles. The summed E-state index contributed by atoms with van der Waals surface area (Å²) in [5.41, 5.74) is 3.90. The molecule has 0 unspecified atom stereocenters. The average molecular weight is 301 g/mol. The lowest BCUT2D eigenvalue weighted by atomic mass is 9.94. The number of hydrogen-bond acceptors (Lipinski definition) is 4. The van der Waals surface area contributed by atoms with Gasteiger partial charge in [-0.05, 0) is 50.3 Å². The summed E-state index contributed by atoms with van der Waals surface area (Å²) in [5.74, 6) is -1.01. The van der Waals surface area contributed by atoms with Gasteiger partial charge in [0, 0.05) is 16.6 Å². The molecule has 116 valence electrons. The Morgan fingerprint density at radius 3 is 2.82 bits per heavy atom. The molecule has 0 spiro atoms. The Hall–Kier alpha value is -2.30. The summed E-state index contributed by atoms with van der Waals surface area (Å²) < 4.78 is 9.85. The summed E-state index contributed by atoms with van der Waals surface area (Å²) in [6.45, 7) is 1.64. The molecule has 0 radical (unpaired) electrons. The molecule has 5 nitrogen and oxygen atoms in total. The maximum absolute atomic E-state index is 12.3. The topological polar surface area (TPSA) is 68.4 Å². The van der Waals surface area contributed by atoms with Crippen LogP contribution in [0.1, 0.15) is 41.4 Å². The van der Waals surface area contributed by atoms with Crippen molar-refractivity contribution in [2.24, 2.45) is 0 Å². The lowest BCUT2D eigenvalue weighted by Crippen LogP contribution is -2.16. The van der Waals surface area contributed by atoms with Crippen LogP contribution in [0, 0.1) is 0 Å². The molecule has 5 heteroatoms. The molecule has 0 fully saturated rings. The van der Waals surface area contributed by atoms with Crippen molar-refractivity contribution in [1.29, 1.82) is 0 Å².